The van der Waals surface area contributed by atoms with Crippen LogP contribution in [0.25, 0.3) is 0 Å². The molecule has 8 heteroatoms. The molecule has 6 nitrogen and oxygen atoms in total. The number of hydrogen-bond donors (Lipinski definition) is 3. The zero-order valence-electron chi connectivity index (χ0n) is 22.3. The number of anilines is 1. The SMILES string of the molecule is CCc1cccc(CNC[C@H](O)[C@H](Cc2cc(F)cc(F)c2)NC(=O)Cc2ccc(N3CCOCC3)cc2)c1. The first kappa shape index (κ1) is 28.7. The second-order valence-electron chi connectivity index (χ2n) is 9.97. The van der Waals surface area contributed by atoms with Crippen LogP contribution < -0.4 is 15.5 Å². The van der Waals surface area contributed by atoms with E-state index >= 15 is 0 Å². The first-order chi connectivity index (χ1) is 18.9. The molecule has 39 heavy (non-hydrogen) atoms. The van der Waals surface area contributed by atoms with Crippen LogP contribution in [0.15, 0.2) is 66.7 Å². The van der Waals surface area contributed by atoms with Crippen LogP contribution >= 0.6 is 0 Å². The van der Waals surface area contributed by atoms with Gasteiger partial charge in [0.1, 0.15) is 11.6 Å². The van der Waals surface area contributed by atoms with Gasteiger partial charge in [-0.2, -0.15) is 0 Å². The van der Waals surface area contributed by atoms with Crippen molar-refractivity contribution in [1.82, 2.24) is 10.6 Å². The fourth-order valence-electron chi connectivity index (χ4n) is 4.82. The maximum atomic E-state index is 13.8. The first-order valence-electron chi connectivity index (χ1n) is 13.5. The van der Waals surface area contributed by atoms with Crippen LogP contribution in [0.3, 0.4) is 0 Å². The molecule has 2 atom stereocenters. The Balaban J connectivity index is 1.38. The Morgan fingerprint density at radius 2 is 1.64 bits per heavy atom. The second-order valence-corrected chi connectivity index (χ2v) is 9.97. The van der Waals surface area contributed by atoms with Gasteiger partial charge in [0.15, 0.2) is 0 Å². The molecule has 1 aliphatic rings. The number of aryl methyl sites for hydroxylation is 1. The van der Waals surface area contributed by atoms with E-state index in [9.17, 15) is 18.7 Å². The van der Waals surface area contributed by atoms with E-state index < -0.39 is 23.8 Å². The Bertz CT molecular complexity index is 1200. The number of nitrogens with zero attached hydrogens (tertiary/aromatic N) is 1. The van der Waals surface area contributed by atoms with E-state index in [0.717, 1.165) is 42.4 Å². The van der Waals surface area contributed by atoms with Crippen LogP contribution in [0.2, 0.25) is 0 Å². The molecule has 0 aromatic heterocycles. The van der Waals surface area contributed by atoms with Crippen LogP contribution in [0.4, 0.5) is 14.5 Å². The van der Waals surface area contributed by atoms with E-state index in [4.69, 9.17) is 4.74 Å². The summed E-state index contributed by atoms with van der Waals surface area (Å²) in [5.41, 5.74) is 4.60. The second kappa shape index (κ2) is 14.2. The van der Waals surface area contributed by atoms with Gasteiger partial charge < -0.3 is 25.4 Å². The van der Waals surface area contributed by atoms with Gasteiger partial charge in [0.2, 0.25) is 5.91 Å². The van der Waals surface area contributed by atoms with Crippen molar-refractivity contribution < 1.29 is 23.4 Å². The lowest BCUT2D eigenvalue weighted by molar-refractivity contribution is -0.122. The number of halogens is 2. The van der Waals surface area contributed by atoms with Crippen LogP contribution in [0.1, 0.15) is 29.2 Å². The Hall–Kier alpha value is -3.33. The Morgan fingerprint density at radius 1 is 0.949 bits per heavy atom. The number of carbonyl (C=O) groups is 1. The molecule has 0 radical (unpaired) electrons. The summed E-state index contributed by atoms with van der Waals surface area (Å²) in [6, 6.07) is 18.5. The van der Waals surface area contributed by atoms with Crippen LogP contribution in [-0.4, -0.2) is 56.0 Å². The zero-order valence-corrected chi connectivity index (χ0v) is 22.3. The highest BCUT2D eigenvalue weighted by Gasteiger charge is 2.23. The molecule has 0 spiro atoms. The van der Waals surface area contributed by atoms with E-state index in [2.05, 4.69) is 34.6 Å². The fraction of sp³-hybridized carbons (Fsp3) is 0.387. The molecule has 0 bridgehead atoms. The van der Waals surface area contributed by atoms with Crippen LogP contribution in [0, 0.1) is 11.6 Å². The van der Waals surface area contributed by atoms with Crippen molar-refractivity contribution in [3.63, 3.8) is 0 Å². The van der Waals surface area contributed by atoms with Crippen molar-refractivity contribution in [2.24, 2.45) is 0 Å². The molecule has 1 heterocycles. The lowest BCUT2D eigenvalue weighted by atomic mass is 10.00. The molecule has 1 saturated heterocycles. The predicted molar refractivity (Wildman–Crippen MR) is 149 cm³/mol. The largest absolute Gasteiger partial charge is 0.390 e. The highest BCUT2D eigenvalue weighted by molar-refractivity contribution is 5.79. The third kappa shape index (κ3) is 8.85. The monoisotopic (exact) mass is 537 g/mol. The number of aliphatic hydroxyl groups excluding tert-OH is 1. The molecule has 0 aliphatic carbocycles. The summed E-state index contributed by atoms with van der Waals surface area (Å²) in [5.74, 6) is -1.66. The molecule has 0 unspecified atom stereocenters. The molecule has 1 amide bonds. The highest BCUT2D eigenvalue weighted by Crippen LogP contribution is 2.17. The lowest BCUT2D eigenvalue weighted by Crippen LogP contribution is -2.49. The number of aliphatic hydroxyl groups is 1. The van der Waals surface area contributed by atoms with Gasteiger partial charge in [0.05, 0.1) is 31.8 Å². The number of benzene rings is 3. The minimum Gasteiger partial charge on any atom is -0.390 e. The molecule has 208 valence electrons. The summed E-state index contributed by atoms with van der Waals surface area (Å²) in [6.07, 6.45) is 0.176. The van der Waals surface area contributed by atoms with Gasteiger partial charge in [-0.1, -0.05) is 43.3 Å². The van der Waals surface area contributed by atoms with Gasteiger partial charge in [-0.3, -0.25) is 4.79 Å². The maximum absolute atomic E-state index is 13.8. The standard InChI is InChI=1S/C31H37F2N3O3/c1-2-22-4-3-5-24(14-22)20-34-21-30(37)29(17-25-15-26(32)19-27(33)16-25)35-31(38)18-23-6-8-28(9-7-23)36-10-12-39-13-11-36/h3-9,14-16,19,29-30,34,37H,2,10-13,17-18,20-21H2,1H3,(H,35,38)/t29-,30-/m0/s1. The average molecular weight is 538 g/mol. The highest BCUT2D eigenvalue weighted by atomic mass is 19.1. The van der Waals surface area contributed by atoms with Crippen molar-refractivity contribution in [3.8, 4) is 0 Å². The van der Waals surface area contributed by atoms with Crippen molar-refractivity contribution in [2.45, 2.75) is 44.9 Å². The third-order valence-corrected chi connectivity index (χ3v) is 6.95. The Kier molecular flexibility index (Phi) is 10.4. The minimum absolute atomic E-state index is 0.0879. The fourth-order valence-corrected chi connectivity index (χ4v) is 4.82. The Labute approximate surface area is 229 Å². The van der Waals surface area contributed by atoms with E-state index in [1.54, 1.807) is 0 Å². The van der Waals surface area contributed by atoms with Crippen LogP contribution in [0.5, 0.6) is 0 Å². The quantitative estimate of drug-likeness (QED) is 0.328. The number of carbonyl (C=O) groups excluding carboxylic acids is 1. The lowest BCUT2D eigenvalue weighted by Gasteiger charge is -2.29. The van der Waals surface area contributed by atoms with E-state index in [0.29, 0.717) is 25.3 Å². The van der Waals surface area contributed by atoms with Crippen molar-refractivity contribution in [2.75, 3.05) is 37.7 Å². The zero-order chi connectivity index (χ0) is 27.6. The van der Waals surface area contributed by atoms with Crippen molar-refractivity contribution in [3.05, 3.63) is 101 Å². The number of ether oxygens (including phenoxy) is 1. The molecule has 4 rings (SSSR count). The van der Waals surface area contributed by atoms with Crippen molar-refractivity contribution >= 4 is 11.6 Å². The first-order valence-corrected chi connectivity index (χ1v) is 13.5. The van der Waals surface area contributed by atoms with E-state index in [1.807, 2.05) is 36.4 Å². The number of amides is 1. The van der Waals surface area contributed by atoms with Gasteiger partial charge >= 0.3 is 0 Å². The van der Waals surface area contributed by atoms with Crippen molar-refractivity contribution in [1.29, 1.82) is 0 Å². The smallest absolute Gasteiger partial charge is 0.224 e. The molecule has 1 fully saturated rings. The Morgan fingerprint density at radius 3 is 2.33 bits per heavy atom. The summed E-state index contributed by atoms with van der Waals surface area (Å²) in [4.78, 5) is 15.2. The minimum atomic E-state index is -0.974. The normalized spacial score (nSPS) is 15.1. The topological polar surface area (TPSA) is 73.8 Å². The van der Waals surface area contributed by atoms with Crippen LogP contribution in [-0.2, 0) is 35.3 Å². The van der Waals surface area contributed by atoms with Gasteiger partial charge in [0.25, 0.3) is 0 Å². The average Bonchev–Trinajstić information content (AvgIpc) is 2.93. The number of nitrogens with one attached hydrogen (secondary N) is 2. The van der Waals surface area contributed by atoms with Gasteiger partial charge in [-0.15, -0.1) is 0 Å². The maximum Gasteiger partial charge on any atom is 0.224 e. The number of rotatable bonds is 12. The van der Waals surface area contributed by atoms with E-state index in [-0.39, 0.29) is 25.3 Å². The molecule has 3 aromatic rings. The molecule has 1 aliphatic heterocycles. The summed E-state index contributed by atoms with van der Waals surface area (Å²) >= 11 is 0. The number of hydrogen-bond acceptors (Lipinski definition) is 5. The molecular weight excluding hydrogens is 500 g/mol. The third-order valence-electron chi connectivity index (χ3n) is 6.95. The predicted octanol–water partition coefficient (Wildman–Crippen LogP) is 3.78. The van der Waals surface area contributed by atoms with E-state index in [1.165, 1.54) is 17.7 Å². The molecule has 3 N–H and O–H groups in total. The van der Waals surface area contributed by atoms with Gasteiger partial charge in [-0.05, 0) is 59.4 Å². The molecule has 3 aromatic carbocycles. The summed E-state index contributed by atoms with van der Waals surface area (Å²) in [6.45, 7) is 5.91. The van der Waals surface area contributed by atoms with Gasteiger partial charge in [0, 0.05) is 37.9 Å². The molecular formula is C31H37F2N3O3. The van der Waals surface area contributed by atoms with Gasteiger partial charge in [-0.25, -0.2) is 8.78 Å². The molecule has 0 saturated carbocycles. The number of morpholine rings is 1. The summed E-state index contributed by atoms with van der Waals surface area (Å²) in [7, 11) is 0. The summed E-state index contributed by atoms with van der Waals surface area (Å²) in [5, 5.41) is 17.1. The summed E-state index contributed by atoms with van der Waals surface area (Å²) < 4.78 is 33.1.